The van der Waals surface area contributed by atoms with Gasteiger partial charge in [-0.2, -0.15) is 0 Å². The van der Waals surface area contributed by atoms with Crippen molar-refractivity contribution in [1.29, 1.82) is 0 Å². The van der Waals surface area contributed by atoms with Crippen LogP contribution in [0.4, 0.5) is 5.69 Å². The zero-order valence-corrected chi connectivity index (χ0v) is 18.1. The van der Waals surface area contributed by atoms with E-state index in [0.29, 0.717) is 34.4 Å². The third-order valence-corrected chi connectivity index (χ3v) is 6.06. The Hall–Kier alpha value is -3.86. The van der Waals surface area contributed by atoms with Crippen LogP contribution in [0.3, 0.4) is 0 Å². The van der Waals surface area contributed by atoms with Gasteiger partial charge < -0.3 is 14.1 Å². The maximum Gasteiger partial charge on any atom is 0.262 e. The Morgan fingerprint density at radius 2 is 1.84 bits per heavy atom. The minimum absolute atomic E-state index is 0.122. The second kappa shape index (κ2) is 8.00. The molecule has 0 saturated carbocycles. The van der Waals surface area contributed by atoms with Gasteiger partial charge in [0.15, 0.2) is 11.0 Å². The Balaban J connectivity index is 1.67. The number of amides is 1. The molecular formula is C27H23NO4. The van der Waals surface area contributed by atoms with Gasteiger partial charge in [-0.1, -0.05) is 36.4 Å². The number of nitrogens with zero attached hydrogens (tertiary/aromatic N) is 1. The molecule has 5 heteroatoms. The van der Waals surface area contributed by atoms with Crippen molar-refractivity contribution in [2.24, 2.45) is 0 Å². The van der Waals surface area contributed by atoms with Crippen molar-refractivity contribution in [3.8, 4) is 17.1 Å². The first kappa shape index (κ1) is 20.1. The zero-order valence-electron chi connectivity index (χ0n) is 18.1. The van der Waals surface area contributed by atoms with Gasteiger partial charge in [-0.05, 0) is 55.7 Å². The number of anilines is 1. The third-order valence-electron chi connectivity index (χ3n) is 6.06. The molecule has 0 radical (unpaired) electrons. The minimum Gasteiger partial charge on any atom is -0.497 e. The molecule has 0 spiro atoms. The monoisotopic (exact) mass is 425 g/mol. The molecule has 3 aromatic carbocycles. The van der Waals surface area contributed by atoms with E-state index in [2.05, 4.69) is 0 Å². The van der Waals surface area contributed by atoms with Gasteiger partial charge in [0.1, 0.15) is 11.5 Å². The Kier molecular flexibility index (Phi) is 5.02. The molecule has 0 bridgehead atoms. The fourth-order valence-electron chi connectivity index (χ4n) is 4.40. The SMILES string of the molecule is COc1ccc2c(c1)CCCN2C(=O)c1cccc2c(=O)c(C)c(-c3ccccc3)oc12. The molecule has 1 aromatic heterocycles. The quantitative estimate of drug-likeness (QED) is 0.443. The lowest BCUT2D eigenvalue weighted by atomic mass is 9.99. The number of carbonyl (C=O) groups excluding carboxylic acids is 1. The predicted molar refractivity (Wildman–Crippen MR) is 126 cm³/mol. The van der Waals surface area contributed by atoms with Crippen molar-refractivity contribution in [3.63, 3.8) is 0 Å². The van der Waals surface area contributed by atoms with Crippen LogP contribution in [0, 0.1) is 6.92 Å². The molecule has 1 aliphatic rings. The fourth-order valence-corrected chi connectivity index (χ4v) is 4.40. The van der Waals surface area contributed by atoms with Crippen LogP contribution in [0.15, 0.2) is 75.9 Å². The highest BCUT2D eigenvalue weighted by molar-refractivity contribution is 6.13. The smallest absolute Gasteiger partial charge is 0.262 e. The number of carbonyl (C=O) groups is 1. The van der Waals surface area contributed by atoms with Crippen LogP contribution in [-0.4, -0.2) is 19.6 Å². The van der Waals surface area contributed by atoms with E-state index >= 15 is 0 Å². The maximum absolute atomic E-state index is 13.7. The minimum atomic E-state index is -0.173. The molecule has 160 valence electrons. The van der Waals surface area contributed by atoms with Crippen LogP contribution in [0.1, 0.15) is 27.9 Å². The van der Waals surface area contributed by atoms with Crippen molar-refractivity contribution < 1.29 is 13.9 Å². The molecule has 32 heavy (non-hydrogen) atoms. The summed E-state index contributed by atoms with van der Waals surface area (Å²) in [5.41, 5.74) is 3.88. The summed E-state index contributed by atoms with van der Waals surface area (Å²) in [5, 5.41) is 0.417. The molecule has 0 aliphatic carbocycles. The van der Waals surface area contributed by atoms with Crippen LogP contribution in [0.25, 0.3) is 22.3 Å². The second-order valence-corrected chi connectivity index (χ2v) is 7.99. The molecule has 0 saturated heterocycles. The van der Waals surface area contributed by atoms with Gasteiger partial charge in [0.2, 0.25) is 0 Å². The number of methoxy groups -OCH3 is 1. The lowest BCUT2D eigenvalue weighted by Gasteiger charge is -2.30. The summed E-state index contributed by atoms with van der Waals surface area (Å²) in [6, 6.07) is 20.5. The van der Waals surface area contributed by atoms with Crippen molar-refractivity contribution in [1.82, 2.24) is 0 Å². The number of rotatable bonds is 3. The van der Waals surface area contributed by atoms with Crippen LogP contribution in [0.5, 0.6) is 5.75 Å². The number of para-hydroxylation sites is 1. The standard InChI is InChI=1S/C27H23NO4/c1-17-24(29)21-11-6-12-22(26(21)32-25(17)18-8-4-3-5-9-18)27(30)28-15-7-10-19-16-20(31-2)13-14-23(19)28/h3-6,8-9,11-14,16H,7,10,15H2,1-2H3. The van der Waals surface area contributed by atoms with Crippen LogP contribution >= 0.6 is 0 Å². The van der Waals surface area contributed by atoms with Crippen molar-refractivity contribution in [3.05, 3.63) is 93.6 Å². The molecule has 5 rings (SSSR count). The molecule has 0 N–H and O–H groups in total. The maximum atomic E-state index is 13.7. The first-order valence-corrected chi connectivity index (χ1v) is 10.7. The first-order valence-electron chi connectivity index (χ1n) is 10.7. The third kappa shape index (κ3) is 3.26. The van der Waals surface area contributed by atoms with E-state index in [1.165, 1.54) is 0 Å². The number of benzene rings is 3. The summed E-state index contributed by atoms with van der Waals surface area (Å²) in [6.07, 6.45) is 1.74. The number of aryl methyl sites for hydroxylation is 1. The van der Waals surface area contributed by atoms with E-state index in [9.17, 15) is 9.59 Å². The van der Waals surface area contributed by atoms with Crippen LogP contribution < -0.4 is 15.1 Å². The number of hydrogen-bond donors (Lipinski definition) is 0. The van der Waals surface area contributed by atoms with Gasteiger partial charge in [0.05, 0.1) is 18.1 Å². The molecule has 2 heterocycles. The normalized spacial score (nSPS) is 13.1. The van der Waals surface area contributed by atoms with E-state index < -0.39 is 0 Å². The summed E-state index contributed by atoms with van der Waals surface area (Å²) >= 11 is 0. The summed E-state index contributed by atoms with van der Waals surface area (Å²) in [6.45, 7) is 2.37. The van der Waals surface area contributed by atoms with E-state index in [0.717, 1.165) is 35.4 Å². The molecular weight excluding hydrogens is 402 g/mol. The van der Waals surface area contributed by atoms with Gasteiger partial charge in [0.25, 0.3) is 5.91 Å². The molecule has 0 atom stereocenters. The average molecular weight is 425 g/mol. The Labute approximate surface area is 185 Å². The second-order valence-electron chi connectivity index (χ2n) is 7.99. The van der Waals surface area contributed by atoms with Crippen LogP contribution in [0.2, 0.25) is 0 Å². The number of ether oxygens (including phenoxy) is 1. The molecule has 1 aliphatic heterocycles. The highest BCUT2D eigenvalue weighted by Gasteiger charge is 2.27. The summed E-state index contributed by atoms with van der Waals surface area (Å²) in [4.78, 5) is 28.6. The van der Waals surface area contributed by atoms with Crippen LogP contribution in [-0.2, 0) is 6.42 Å². The van der Waals surface area contributed by atoms with Gasteiger partial charge in [-0.25, -0.2) is 0 Å². The summed E-state index contributed by atoms with van der Waals surface area (Å²) in [5.74, 6) is 1.09. The highest BCUT2D eigenvalue weighted by Crippen LogP contribution is 2.33. The Morgan fingerprint density at radius 1 is 1.03 bits per heavy atom. The van der Waals surface area contributed by atoms with Gasteiger partial charge in [-0.3, -0.25) is 9.59 Å². The molecule has 5 nitrogen and oxygen atoms in total. The van der Waals surface area contributed by atoms with E-state index in [1.54, 1.807) is 37.1 Å². The number of fused-ring (bicyclic) bond motifs is 2. The summed E-state index contributed by atoms with van der Waals surface area (Å²) in [7, 11) is 1.64. The molecule has 0 fully saturated rings. The summed E-state index contributed by atoms with van der Waals surface area (Å²) < 4.78 is 11.6. The van der Waals surface area contributed by atoms with E-state index in [1.807, 2.05) is 48.5 Å². The van der Waals surface area contributed by atoms with E-state index in [4.69, 9.17) is 9.15 Å². The molecule has 0 unspecified atom stereocenters. The first-order chi connectivity index (χ1) is 15.6. The fraction of sp³-hybridized carbons (Fsp3) is 0.185. The van der Waals surface area contributed by atoms with Crippen molar-refractivity contribution in [2.45, 2.75) is 19.8 Å². The lowest BCUT2D eigenvalue weighted by molar-refractivity contribution is 0.0985. The van der Waals surface area contributed by atoms with Gasteiger partial charge >= 0.3 is 0 Å². The molecule has 4 aromatic rings. The molecule has 1 amide bonds. The zero-order chi connectivity index (χ0) is 22.2. The van der Waals surface area contributed by atoms with Gasteiger partial charge in [0, 0.05) is 23.4 Å². The Bertz CT molecular complexity index is 1390. The largest absolute Gasteiger partial charge is 0.497 e. The van der Waals surface area contributed by atoms with Crippen molar-refractivity contribution in [2.75, 3.05) is 18.6 Å². The average Bonchev–Trinajstić information content (AvgIpc) is 2.85. The number of hydrogen-bond acceptors (Lipinski definition) is 4. The lowest BCUT2D eigenvalue weighted by Crippen LogP contribution is -2.35. The van der Waals surface area contributed by atoms with E-state index in [-0.39, 0.29) is 11.3 Å². The van der Waals surface area contributed by atoms with Gasteiger partial charge in [-0.15, -0.1) is 0 Å². The Morgan fingerprint density at radius 3 is 2.62 bits per heavy atom. The topological polar surface area (TPSA) is 59.8 Å². The highest BCUT2D eigenvalue weighted by atomic mass is 16.5. The predicted octanol–water partition coefficient (Wildman–Crippen LogP) is 5.37. The van der Waals surface area contributed by atoms with Crippen molar-refractivity contribution >= 4 is 22.6 Å².